The van der Waals surface area contributed by atoms with Gasteiger partial charge in [-0.1, -0.05) is 59.6 Å². The molecule has 0 aliphatic carbocycles. The van der Waals surface area contributed by atoms with Crippen LogP contribution in [-0.4, -0.2) is 78.5 Å². The number of methoxy groups -OCH3 is 1. The lowest BCUT2D eigenvalue weighted by Crippen LogP contribution is -2.43. The quantitative estimate of drug-likeness (QED) is 0.130. The third-order valence-electron chi connectivity index (χ3n) is 9.42. The Kier molecular flexibility index (Phi) is 11.7. The minimum Gasteiger partial charge on any atom is -0.481 e. The zero-order valence-electron chi connectivity index (χ0n) is 31.9. The van der Waals surface area contributed by atoms with Crippen molar-refractivity contribution in [2.24, 2.45) is 7.05 Å². The lowest BCUT2D eigenvalue weighted by molar-refractivity contribution is -0.139. The van der Waals surface area contributed by atoms with Gasteiger partial charge in [-0.2, -0.15) is 5.10 Å². The second-order valence-electron chi connectivity index (χ2n) is 14.6. The molecule has 0 spiro atoms. The number of hydrogen-bond donors (Lipinski definition) is 3. The Labute approximate surface area is 333 Å². The maximum absolute atomic E-state index is 13.3. The number of carboxylic acid groups (broad SMARTS) is 1. The summed E-state index contributed by atoms with van der Waals surface area (Å²) >= 11 is 14.2. The Hall–Kier alpha value is -5.44. The Morgan fingerprint density at radius 1 is 1.05 bits per heavy atom. The molecule has 2 amide bonds. The van der Waals surface area contributed by atoms with Gasteiger partial charge in [-0.3, -0.25) is 24.3 Å². The van der Waals surface area contributed by atoms with Gasteiger partial charge in [-0.25, -0.2) is 14.3 Å². The van der Waals surface area contributed by atoms with E-state index < -0.39 is 23.7 Å². The Bertz CT molecular complexity index is 2390. The number of aliphatic carboxylic acids is 1. The van der Waals surface area contributed by atoms with E-state index in [0.717, 1.165) is 0 Å². The van der Waals surface area contributed by atoms with Gasteiger partial charge in [0.25, 0.3) is 5.56 Å². The Balaban J connectivity index is 1.30. The normalized spacial score (nSPS) is 14.8. The molecule has 2 aromatic carbocycles. The van der Waals surface area contributed by atoms with Gasteiger partial charge in [-0.15, -0.1) is 0 Å². The van der Waals surface area contributed by atoms with Gasteiger partial charge < -0.3 is 24.8 Å². The average Bonchev–Trinajstić information content (AvgIpc) is 3.77. The van der Waals surface area contributed by atoms with Crippen LogP contribution in [0.5, 0.6) is 5.88 Å². The van der Waals surface area contributed by atoms with Crippen LogP contribution in [-0.2, 0) is 34.5 Å². The molecule has 0 radical (unpaired) electrons. The molecule has 1 aliphatic heterocycles. The van der Waals surface area contributed by atoms with E-state index in [1.165, 1.54) is 23.1 Å². The minimum absolute atomic E-state index is 0.0492. The van der Waals surface area contributed by atoms with Crippen molar-refractivity contribution >= 4 is 46.7 Å². The second-order valence-corrected chi connectivity index (χ2v) is 15.4. The molecule has 3 aromatic heterocycles. The summed E-state index contributed by atoms with van der Waals surface area (Å²) in [5.74, 6) is -0.407. The number of fused-ring (bicyclic) bond motifs is 1. The molecule has 2 atom stereocenters. The van der Waals surface area contributed by atoms with E-state index >= 15 is 0 Å². The van der Waals surface area contributed by atoms with Gasteiger partial charge in [0, 0.05) is 65.6 Å². The first kappa shape index (κ1) is 40.2. The van der Waals surface area contributed by atoms with Crippen LogP contribution in [0.25, 0.3) is 39.0 Å². The SMILES string of the molecule is COc1nc(-c2cccc(-c3cccc(-c4cc5c(=O)n(C)c(CN[C@H](C)C(=O)O)nn5c4)c3Cl)c2Cl)ccc1CN(C[C@@H]1CCC(=O)N1)C(=O)OC(C)(C)C. The average molecular weight is 805 g/mol. The van der Waals surface area contributed by atoms with E-state index in [9.17, 15) is 24.3 Å². The fourth-order valence-electron chi connectivity index (χ4n) is 6.44. The number of benzene rings is 2. The highest BCUT2D eigenvalue weighted by atomic mass is 35.5. The molecule has 0 unspecified atom stereocenters. The molecule has 1 fully saturated rings. The molecule has 14 nitrogen and oxygen atoms in total. The summed E-state index contributed by atoms with van der Waals surface area (Å²) in [6.45, 7) is 7.37. The van der Waals surface area contributed by atoms with E-state index in [0.29, 0.717) is 79.2 Å². The molecule has 294 valence electrons. The van der Waals surface area contributed by atoms with Gasteiger partial charge in [-0.05, 0) is 52.3 Å². The summed E-state index contributed by atoms with van der Waals surface area (Å²) in [5.41, 5.74) is 3.67. The highest BCUT2D eigenvalue weighted by molar-refractivity contribution is 6.39. The number of amides is 2. The molecular formula is C40H43Cl2N7O7. The maximum atomic E-state index is 13.3. The predicted octanol–water partition coefficient (Wildman–Crippen LogP) is 6.32. The summed E-state index contributed by atoms with van der Waals surface area (Å²) in [5, 5.41) is 20.4. The number of rotatable bonds is 12. The van der Waals surface area contributed by atoms with Crippen molar-refractivity contribution in [1.82, 2.24) is 34.7 Å². The molecular weight excluding hydrogens is 761 g/mol. The molecule has 3 N–H and O–H groups in total. The third-order valence-corrected chi connectivity index (χ3v) is 10.2. The lowest BCUT2D eigenvalue weighted by Gasteiger charge is -2.29. The number of nitrogens with zero attached hydrogens (tertiary/aromatic N) is 5. The summed E-state index contributed by atoms with van der Waals surface area (Å²) in [6, 6.07) is 15.4. The molecule has 5 aromatic rings. The van der Waals surface area contributed by atoms with E-state index in [-0.39, 0.29) is 37.1 Å². The zero-order valence-corrected chi connectivity index (χ0v) is 33.4. The number of pyridine rings is 1. The molecule has 0 bridgehead atoms. The van der Waals surface area contributed by atoms with E-state index in [1.807, 2.05) is 42.5 Å². The van der Waals surface area contributed by atoms with Crippen LogP contribution >= 0.6 is 23.2 Å². The van der Waals surface area contributed by atoms with Crippen molar-refractivity contribution in [3.63, 3.8) is 0 Å². The number of carbonyl (C=O) groups is 3. The van der Waals surface area contributed by atoms with E-state index in [2.05, 4.69) is 15.7 Å². The summed E-state index contributed by atoms with van der Waals surface area (Å²) in [4.78, 5) is 56.1. The number of ether oxygens (including phenoxy) is 2. The first-order valence-corrected chi connectivity index (χ1v) is 18.7. The van der Waals surface area contributed by atoms with Crippen LogP contribution in [0, 0.1) is 0 Å². The van der Waals surface area contributed by atoms with Gasteiger partial charge in [0.2, 0.25) is 11.8 Å². The van der Waals surface area contributed by atoms with Crippen LogP contribution in [0.1, 0.15) is 51.9 Å². The number of halogens is 2. The molecule has 1 aliphatic rings. The topological polar surface area (TPSA) is 169 Å². The zero-order chi connectivity index (χ0) is 40.5. The highest BCUT2D eigenvalue weighted by Gasteiger charge is 2.29. The predicted molar refractivity (Wildman–Crippen MR) is 213 cm³/mol. The van der Waals surface area contributed by atoms with Crippen LogP contribution in [0.3, 0.4) is 0 Å². The number of carbonyl (C=O) groups excluding carboxylic acids is 2. The minimum atomic E-state index is -1.01. The number of nitrogens with one attached hydrogen (secondary N) is 2. The first-order valence-electron chi connectivity index (χ1n) is 18.0. The van der Waals surface area contributed by atoms with Crippen LogP contribution in [0.4, 0.5) is 4.79 Å². The fourth-order valence-corrected chi connectivity index (χ4v) is 7.10. The molecule has 1 saturated heterocycles. The monoisotopic (exact) mass is 803 g/mol. The van der Waals surface area contributed by atoms with Crippen molar-refractivity contribution in [2.75, 3.05) is 13.7 Å². The summed E-state index contributed by atoms with van der Waals surface area (Å²) in [6.07, 6.45) is 2.21. The molecule has 0 saturated carbocycles. The molecule has 16 heteroatoms. The van der Waals surface area contributed by atoms with Crippen molar-refractivity contribution in [3.05, 3.63) is 92.6 Å². The van der Waals surface area contributed by atoms with Crippen molar-refractivity contribution in [1.29, 1.82) is 0 Å². The van der Waals surface area contributed by atoms with E-state index in [1.54, 1.807) is 51.0 Å². The van der Waals surface area contributed by atoms with Gasteiger partial charge >= 0.3 is 12.1 Å². The van der Waals surface area contributed by atoms with Crippen LogP contribution in [0.2, 0.25) is 10.0 Å². The van der Waals surface area contributed by atoms with Gasteiger partial charge in [0.1, 0.15) is 23.0 Å². The lowest BCUT2D eigenvalue weighted by atomic mass is 9.97. The first-order chi connectivity index (χ1) is 26.5. The maximum Gasteiger partial charge on any atom is 0.410 e. The Morgan fingerprint density at radius 3 is 2.34 bits per heavy atom. The largest absolute Gasteiger partial charge is 0.481 e. The molecule has 56 heavy (non-hydrogen) atoms. The Morgan fingerprint density at radius 2 is 1.71 bits per heavy atom. The van der Waals surface area contributed by atoms with E-state index in [4.69, 9.17) is 37.7 Å². The number of carboxylic acids is 1. The summed E-state index contributed by atoms with van der Waals surface area (Å²) in [7, 11) is 3.09. The standard InChI is InChI=1S/C40H43Cl2N7O7/c1-22(38(52)53)43-18-32-46-49-20-24(17-31(49)37(51)47(32)5)26-9-7-10-27(34(26)41)28-11-8-12-29(35(28)42)30-15-13-23(36(45-30)55-6)19-48(39(54)56-40(2,3)4)21-25-14-16-33(50)44-25/h7-13,15,17,20,22,25,43H,14,16,18-19,21H2,1-6H3,(H,44,50)(H,52,53)/t22-,25+/m1/s1. The number of hydrogen-bond acceptors (Lipinski definition) is 9. The van der Waals surface area contributed by atoms with Crippen molar-refractivity contribution in [2.45, 2.75) is 71.3 Å². The molecule has 6 rings (SSSR count). The highest BCUT2D eigenvalue weighted by Crippen LogP contribution is 2.42. The van der Waals surface area contributed by atoms with Gasteiger partial charge in [0.15, 0.2) is 0 Å². The fraction of sp³-hybridized carbons (Fsp3) is 0.350. The van der Waals surface area contributed by atoms with Crippen molar-refractivity contribution < 1.29 is 29.0 Å². The number of aromatic nitrogens is 4. The summed E-state index contributed by atoms with van der Waals surface area (Å²) < 4.78 is 14.3. The van der Waals surface area contributed by atoms with Crippen LogP contribution in [0.15, 0.2) is 65.6 Å². The molecule has 4 heterocycles. The smallest absolute Gasteiger partial charge is 0.410 e. The van der Waals surface area contributed by atoms with Crippen molar-refractivity contribution in [3.8, 4) is 39.4 Å². The third kappa shape index (κ3) is 8.67. The second kappa shape index (κ2) is 16.3. The van der Waals surface area contributed by atoms with Gasteiger partial charge in [0.05, 0.1) is 35.9 Å². The van der Waals surface area contributed by atoms with Crippen LogP contribution < -0.4 is 20.9 Å².